The van der Waals surface area contributed by atoms with Gasteiger partial charge in [-0.05, 0) is 25.0 Å². The molecule has 0 unspecified atom stereocenters. The van der Waals surface area contributed by atoms with Gasteiger partial charge in [-0.15, -0.1) is 0 Å². The lowest BCUT2D eigenvalue weighted by atomic mass is 9.94. The van der Waals surface area contributed by atoms with E-state index < -0.39 is 0 Å². The van der Waals surface area contributed by atoms with Gasteiger partial charge in [0.05, 0.1) is 11.9 Å². The van der Waals surface area contributed by atoms with Gasteiger partial charge in [-0.2, -0.15) is 0 Å². The highest BCUT2D eigenvalue weighted by atomic mass is 16.2. The molecule has 1 aromatic heterocycles. The van der Waals surface area contributed by atoms with Crippen LogP contribution in [0, 0.1) is 5.41 Å². The maximum atomic E-state index is 12.4. The molecule has 0 spiro atoms. The molecule has 92 valence electrons. The van der Waals surface area contributed by atoms with Crippen molar-refractivity contribution in [1.82, 2.24) is 4.98 Å². The minimum absolute atomic E-state index is 0.122. The lowest BCUT2D eigenvalue weighted by Crippen LogP contribution is -2.41. The molecule has 0 aliphatic heterocycles. The lowest BCUT2D eigenvalue weighted by Gasteiger charge is -2.28. The van der Waals surface area contributed by atoms with Crippen molar-refractivity contribution in [3.8, 4) is 0 Å². The standard InChI is InChI=1S/C13H19N3O/c1-13(2,3)12(17)16(10-5-6-10)11-7-4-9(14)8-15-11/h4,7-8,10H,5-6,14H2,1-3H3. The highest BCUT2D eigenvalue weighted by molar-refractivity contribution is 5.97. The van der Waals surface area contributed by atoms with Crippen molar-refractivity contribution >= 4 is 17.4 Å². The number of pyridine rings is 1. The first kappa shape index (κ1) is 11.9. The third-order valence-corrected chi connectivity index (χ3v) is 2.79. The van der Waals surface area contributed by atoms with E-state index in [9.17, 15) is 4.79 Å². The van der Waals surface area contributed by atoms with E-state index >= 15 is 0 Å². The van der Waals surface area contributed by atoms with Crippen LogP contribution < -0.4 is 10.6 Å². The second kappa shape index (κ2) is 4.02. The molecule has 4 heteroatoms. The van der Waals surface area contributed by atoms with E-state index in [1.54, 1.807) is 12.3 Å². The minimum atomic E-state index is -0.383. The van der Waals surface area contributed by atoms with Crippen molar-refractivity contribution in [2.45, 2.75) is 39.7 Å². The number of aromatic nitrogens is 1. The zero-order valence-electron chi connectivity index (χ0n) is 10.6. The zero-order chi connectivity index (χ0) is 12.6. The smallest absolute Gasteiger partial charge is 0.233 e. The Hall–Kier alpha value is -1.58. The van der Waals surface area contributed by atoms with E-state index in [1.165, 1.54) is 0 Å². The molecule has 2 rings (SSSR count). The average Bonchev–Trinajstić information content (AvgIpc) is 3.04. The Labute approximate surface area is 102 Å². The van der Waals surface area contributed by atoms with Crippen LogP contribution in [-0.2, 0) is 4.79 Å². The number of amides is 1. The van der Waals surface area contributed by atoms with Crippen molar-refractivity contribution < 1.29 is 4.79 Å². The number of hydrogen-bond acceptors (Lipinski definition) is 3. The van der Waals surface area contributed by atoms with Crippen LogP contribution in [0.15, 0.2) is 18.3 Å². The Balaban J connectivity index is 2.29. The molecule has 0 radical (unpaired) electrons. The fourth-order valence-electron chi connectivity index (χ4n) is 1.69. The molecule has 17 heavy (non-hydrogen) atoms. The summed E-state index contributed by atoms with van der Waals surface area (Å²) in [5, 5.41) is 0. The Morgan fingerprint density at radius 3 is 2.47 bits per heavy atom. The molecule has 4 nitrogen and oxygen atoms in total. The van der Waals surface area contributed by atoms with Crippen molar-refractivity contribution in [3.63, 3.8) is 0 Å². The monoisotopic (exact) mass is 233 g/mol. The molecule has 1 heterocycles. The van der Waals surface area contributed by atoms with E-state index in [0.29, 0.717) is 17.5 Å². The van der Waals surface area contributed by atoms with Gasteiger partial charge in [0.25, 0.3) is 0 Å². The Morgan fingerprint density at radius 1 is 1.41 bits per heavy atom. The van der Waals surface area contributed by atoms with Gasteiger partial charge in [0.1, 0.15) is 5.82 Å². The molecule has 1 aromatic rings. The van der Waals surface area contributed by atoms with Crippen molar-refractivity contribution in [1.29, 1.82) is 0 Å². The molecule has 1 aliphatic rings. The lowest BCUT2D eigenvalue weighted by molar-refractivity contribution is -0.125. The van der Waals surface area contributed by atoms with Gasteiger partial charge in [-0.1, -0.05) is 20.8 Å². The van der Waals surface area contributed by atoms with Crippen molar-refractivity contribution in [2.24, 2.45) is 5.41 Å². The number of hydrogen-bond donors (Lipinski definition) is 1. The Kier molecular flexibility index (Phi) is 2.81. The second-order valence-corrected chi connectivity index (χ2v) is 5.61. The van der Waals surface area contributed by atoms with Crippen LogP contribution in [0.3, 0.4) is 0 Å². The SMILES string of the molecule is CC(C)(C)C(=O)N(c1ccc(N)cn1)C1CC1. The van der Waals surface area contributed by atoms with Crippen molar-refractivity contribution in [2.75, 3.05) is 10.6 Å². The first-order valence-electron chi connectivity index (χ1n) is 5.95. The largest absolute Gasteiger partial charge is 0.397 e. The first-order chi connectivity index (χ1) is 7.89. The van der Waals surface area contributed by atoms with Crippen LogP contribution >= 0.6 is 0 Å². The van der Waals surface area contributed by atoms with E-state index in [4.69, 9.17) is 5.73 Å². The van der Waals surface area contributed by atoms with E-state index in [0.717, 1.165) is 12.8 Å². The normalized spacial score (nSPS) is 15.7. The second-order valence-electron chi connectivity index (χ2n) is 5.61. The number of nitrogens with two attached hydrogens (primary N) is 1. The van der Waals surface area contributed by atoms with Crippen LogP contribution in [0.2, 0.25) is 0 Å². The predicted octanol–water partition coefficient (Wildman–Crippen LogP) is 2.21. The van der Waals surface area contributed by atoms with E-state index in [-0.39, 0.29) is 11.3 Å². The molecule has 1 saturated carbocycles. The summed E-state index contributed by atoms with van der Waals surface area (Å²) in [5.74, 6) is 0.832. The van der Waals surface area contributed by atoms with Crippen molar-refractivity contribution in [3.05, 3.63) is 18.3 Å². The molecule has 0 bridgehead atoms. The Morgan fingerprint density at radius 2 is 2.06 bits per heavy atom. The number of carbonyl (C=O) groups is 1. The molecule has 1 fully saturated rings. The summed E-state index contributed by atoms with van der Waals surface area (Å²) in [6.45, 7) is 5.80. The van der Waals surface area contributed by atoms with E-state index in [2.05, 4.69) is 4.98 Å². The van der Waals surface area contributed by atoms with Crippen LogP contribution in [0.1, 0.15) is 33.6 Å². The minimum Gasteiger partial charge on any atom is -0.397 e. The van der Waals surface area contributed by atoms with E-state index in [1.807, 2.05) is 31.7 Å². The van der Waals surface area contributed by atoms with Gasteiger partial charge in [0.2, 0.25) is 5.91 Å². The Bertz CT molecular complexity index is 415. The van der Waals surface area contributed by atoms with Gasteiger partial charge in [0.15, 0.2) is 0 Å². The number of carbonyl (C=O) groups excluding carboxylic acids is 1. The molecule has 1 aliphatic carbocycles. The van der Waals surface area contributed by atoms with Gasteiger partial charge >= 0.3 is 0 Å². The highest BCUT2D eigenvalue weighted by Gasteiger charge is 2.38. The van der Waals surface area contributed by atoms with Crippen LogP contribution in [0.4, 0.5) is 11.5 Å². The summed E-state index contributed by atoms with van der Waals surface area (Å²) in [6, 6.07) is 3.92. The first-order valence-corrected chi connectivity index (χ1v) is 5.95. The van der Waals surface area contributed by atoms with Gasteiger partial charge in [0, 0.05) is 11.5 Å². The molecule has 0 saturated heterocycles. The maximum Gasteiger partial charge on any atom is 0.233 e. The number of rotatable bonds is 2. The average molecular weight is 233 g/mol. The topological polar surface area (TPSA) is 59.2 Å². The summed E-state index contributed by atoms with van der Waals surface area (Å²) in [4.78, 5) is 18.5. The highest BCUT2D eigenvalue weighted by Crippen LogP contribution is 2.34. The van der Waals surface area contributed by atoms with Gasteiger partial charge in [-0.3, -0.25) is 9.69 Å². The fourth-order valence-corrected chi connectivity index (χ4v) is 1.69. The van der Waals surface area contributed by atoms with Crippen LogP contribution in [0.5, 0.6) is 0 Å². The molecular formula is C13H19N3O. The third-order valence-electron chi connectivity index (χ3n) is 2.79. The summed E-state index contributed by atoms with van der Waals surface area (Å²) in [6.07, 6.45) is 3.72. The zero-order valence-corrected chi connectivity index (χ0v) is 10.6. The maximum absolute atomic E-state index is 12.4. The fraction of sp³-hybridized carbons (Fsp3) is 0.538. The number of nitrogens with zero attached hydrogens (tertiary/aromatic N) is 2. The van der Waals surface area contributed by atoms with Gasteiger partial charge in [-0.25, -0.2) is 4.98 Å². The summed E-state index contributed by atoms with van der Waals surface area (Å²) in [7, 11) is 0. The third kappa shape index (κ3) is 2.57. The van der Waals surface area contributed by atoms with Gasteiger partial charge < -0.3 is 5.73 Å². The number of nitrogen functional groups attached to an aromatic ring is 1. The molecule has 0 aromatic carbocycles. The van der Waals surface area contributed by atoms with Crippen LogP contribution in [-0.4, -0.2) is 16.9 Å². The summed E-state index contributed by atoms with van der Waals surface area (Å²) in [5.41, 5.74) is 5.85. The number of anilines is 2. The predicted molar refractivity (Wildman–Crippen MR) is 68.6 cm³/mol. The molecule has 1 amide bonds. The molecular weight excluding hydrogens is 214 g/mol. The van der Waals surface area contributed by atoms with Crippen LogP contribution in [0.25, 0.3) is 0 Å². The quantitative estimate of drug-likeness (QED) is 0.852. The summed E-state index contributed by atoms with van der Waals surface area (Å²) >= 11 is 0. The molecule has 2 N–H and O–H groups in total. The molecule has 0 atom stereocenters. The summed E-state index contributed by atoms with van der Waals surface area (Å²) < 4.78 is 0.